The Balaban J connectivity index is 1.77. The average molecular weight is 274 g/mol. The summed E-state index contributed by atoms with van der Waals surface area (Å²) in [5, 5.41) is 5.78. The lowest BCUT2D eigenvalue weighted by molar-refractivity contribution is 0.504. The van der Waals surface area contributed by atoms with Gasteiger partial charge in [0.15, 0.2) is 0 Å². The van der Waals surface area contributed by atoms with Crippen LogP contribution in [-0.2, 0) is 6.54 Å². The highest BCUT2D eigenvalue weighted by atomic mass is 79.9. The van der Waals surface area contributed by atoms with Crippen molar-refractivity contribution in [2.24, 2.45) is 5.92 Å². The van der Waals surface area contributed by atoms with Gasteiger partial charge in [0.25, 0.3) is 0 Å². The molecule has 0 aliphatic heterocycles. The summed E-state index contributed by atoms with van der Waals surface area (Å²) in [6.45, 7) is 3.39. The molecule has 0 unspecified atom stereocenters. The van der Waals surface area contributed by atoms with Crippen molar-refractivity contribution < 1.29 is 0 Å². The van der Waals surface area contributed by atoms with E-state index < -0.39 is 0 Å². The fourth-order valence-electron chi connectivity index (χ4n) is 2.08. The molecule has 0 radical (unpaired) electrons. The van der Waals surface area contributed by atoms with Crippen molar-refractivity contribution in [1.82, 2.24) is 5.32 Å². The Bertz CT molecular complexity index is 297. The molecule has 1 nitrogen and oxygen atoms in total. The first-order valence-electron chi connectivity index (χ1n) is 5.20. The van der Waals surface area contributed by atoms with Crippen LogP contribution in [0.5, 0.6) is 0 Å². The molecule has 1 fully saturated rings. The summed E-state index contributed by atoms with van der Waals surface area (Å²) in [5.41, 5.74) is 0. The standard InChI is InChI=1S/C11H16BrNS/c1-8-2-3-10(4-8)13-6-11-5-9(12)7-14-11/h5,7-8,10,13H,2-4,6H2,1H3/t8-,10+/m0/s1. The molecular formula is C11H16BrNS. The highest BCUT2D eigenvalue weighted by molar-refractivity contribution is 9.10. The number of rotatable bonds is 3. The lowest BCUT2D eigenvalue weighted by Crippen LogP contribution is -2.25. The zero-order valence-corrected chi connectivity index (χ0v) is 10.8. The molecule has 14 heavy (non-hydrogen) atoms. The second kappa shape index (κ2) is 4.77. The van der Waals surface area contributed by atoms with E-state index in [-0.39, 0.29) is 0 Å². The van der Waals surface area contributed by atoms with Crippen molar-refractivity contribution in [2.75, 3.05) is 0 Å². The van der Waals surface area contributed by atoms with Crippen LogP contribution in [0.4, 0.5) is 0 Å². The second-order valence-corrected chi connectivity index (χ2v) is 6.14. The van der Waals surface area contributed by atoms with Gasteiger partial charge in [0.05, 0.1) is 0 Å². The summed E-state index contributed by atoms with van der Waals surface area (Å²) in [6.07, 6.45) is 4.10. The Labute approximate surface area is 98.0 Å². The normalized spacial score (nSPS) is 27.0. The summed E-state index contributed by atoms with van der Waals surface area (Å²) in [4.78, 5) is 1.43. The van der Waals surface area contributed by atoms with Crippen molar-refractivity contribution in [3.63, 3.8) is 0 Å². The molecule has 1 aromatic rings. The van der Waals surface area contributed by atoms with Gasteiger partial charge in [-0.1, -0.05) is 6.92 Å². The van der Waals surface area contributed by atoms with E-state index in [0.29, 0.717) is 0 Å². The summed E-state index contributed by atoms with van der Waals surface area (Å²) in [7, 11) is 0. The fourth-order valence-corrected chi connectivity index (χ4v) is 3.49. The van der Waals surface area contributed by atoms with Crippen molar-refractivity contribution in [1.29, 1.82) is 0 Å². The van der Waals surface area contributed by atoms with Crippen molar-refractivity contribution >= 4 is 27.3 Å². The maximum atomic E-state index is 3.63. The largest absolute Gasteiger partial charge is 0.309 e. The first kappa shape index (κ1) is 10.7. The highest BCUT2D eigenvalue weighted by Crippen LogP contribution is 2.25. The minimum atomic E-state index is 0.755. The predicted octanol–water partition coefficient (Wildman–Crippen LogP) is 3.79. The number of hydrogen-bond donors (Lipinski definition) is 1. The van der Waals surface area contributed by atoms with Crippen LogP contribution in [0.15, 0.2) is 15.9 Å². The van der Waals surface area contributed by atoms with E-state index >= 15 is 0 Å². The van der Waals surface area contributed by atoms with E-state index in [1.54, 1.807) is 0 Å². The van der Waals surface area contributed by atoms with Gasteiger partial charge in [-0.3, -0.25) is 0 Å². The molecule has 0 bridgehead atoms. The van der Waals surface area contributed by atoms with Gasteiger partial charge in [0, 0.05) is 27.3 Å². The van der Waals surface area contributed by atoms with Crippen molar-refractivity contribution in [3.8, 4) is 0 Å². The van der Waals surface area contributed by atoms with E-state index in [2.05, 4.69) is 39.6 Å². The zero-order valence-electron chi connectivity index (χ0n) is 8.42. The second-order valence-electron chi connectivity index (χ2n) is 4.23. The third-order valence-electron chi connectivity index (χ3n) is 2.88. The molecule has 2 rings (SSSR count). The Hall–Kier alpha value is 0.140. The first-order valence-corrected chi connectivity index (χ1v) is 6.87. The molecule has 78 valence electrons. The zero-order chi connectivity index (χ0) is 9.97. The van der Waals surface area contributed by atoms with Gasteiger partial charge in [-0.15, -0.1) is 11.3 Å². The molecule has 1 aliphatic rings. The molecule has 1 saturated carbocycles. The Kier molecular flexibility index (Phi) is 3.63. The van der Waals surface area contributed by atoms with E-state index in [4.69, 9.17) is 0 Å². The van der Waals surface area contributed by atoms with Gasteiger partial charge in [-0.05, 0) is 47.2 Å². The Morgan fingerprint density at radius 1 is 1.57 bits per heavy atom. The average Bonchev–Trinajstić information content (AvgIpc) is 2.72. The van der Waals surface area contributed by atoms with E-state index in [9.17, 15) is 0 Å². The SMILES string of the molecule is C[C@H]1CC[C@@H](NCc2cc(Br)cs2)C1. The molecule has 1 N–H and O–H groups in total. The molecule has 0 aromatic carbocycles. The third-order valence-corrected chi connectivity index (χ3v) is 4.58. The molecule has 0 spiro atoms. The van der Waals surface area contributed by atoms with Crippen LogP contribution in [0.25, 0.3) is 0 Å². The summed E-state index contributed by atoms with van der Waals surface area (Å²) in [6, 6.07) is 2.96. The smallest absolute Gasteiger partial charge is 0.0302 e. The van der Waals surface area contributed by atoms with Crippen LogP contribution in [-0.4, -0.2) is 6.04 Å². The monoisotopic (exact) mass is 273 g/mol. The maximum Gasteiger partial charge on any atom is 0.0302 e. The molecule has 1 heterocycles. The lowest BCUT2D eigenvalue weighted by atomic mass is 10.1. The lowest BCUT2D eigenvalue weighted by Gasteiger charge is -2.10. The third kappa shape index (κ3) is 2.81. The van der Waals surface area contributed by atoms with Gasteiger partial charge in [0.1, 0.15) is 0 Å². The molecular weight excluding hydrogens is 258 g/mol. The van der Waals surface area contributed by atoms with Crippen LogP contribution in [0, 0.1) is 5.92 Å². The van der Waals surface area contributed by atoms with Gasteiger partial charge in [0.2, 0.25) is 0 Å². The van der Waals surface area contributed by atoms with Crippen molar-refractivity contribution in [2.45, 2.75) is 38.8 Å². The summed E-state index contributed by atoms with van der Waals surface area (Å²) >= 11 is 5.30. The van der Waals surface area contributed by atoms with Crippen molar-refractivity contribution in [3.05, 3.63) is 20.8 Å². The number of nitrogens with one attached hydrogen (secondary N) is 1. The highest BCUT2D eigenvalue weighted by Gasteiger charge is 2.20. The van der Waals surface area contributed by atoms with E-state index in [1.165, 1.54) is 28.6 Å². The predicted molar refractivity (Wildman–Crippen MR) is 65.7 cm³/mol. The minimum absolute atomic E-state index is 0.755. The maximum absolute atomic E-state index is 3.63. The van der Waals surface area contributed by atoms with E-state index in [1.807, 2.05) is 11.3 Å². The quantitative estimate of drug-likeness (QED) is 0.884. The van der Waals surface area contributed by atoms with E-state index in [0.717, 1.165) is 18.5 Å². The summed E-state index contributed by atoms with van der Waals surface area (Å²) < 4.78 is 1.21. The van der Waals surface area contributed by atoms with Crippen LogP contribution in [0.3, 0.4) is 0 Å². The van der Waals surface area contributed by atoms with Crippen LogP contribution in [0.2, 0.25) is 0 Å². The van der Waals surface area contributed by atoms with Crippen LogP contribution in [0.1, 0.15) is 31.1 Å². The van der Waals surface area contributed by atoms with Crippen LogP contribution >= 0.6 is 27.3 Å². The fraction of sp³-hybridized carbons (Fsp3) is 0.636. The van der Waals surface area contributed by atoms with Crippen LogP contribution < -0.4 is 5.32 Å². The molecule has 1 aliphatic carbocycles. The minimum Gasteiger partial charge on any atom is -0.309 e. The molecule has 0 saturated heterocycles. The Morgan fingerprint density at radius 2 is 2.43 bits per heavy atom. The number of halogens is 1. The number of hydrogen-bond acceptors (Lipinski definition) is 2. The van der Waals surface area contributed by atoms with Gasteiger partial charge in [-0.2, -0.15) is 0 Å². The molecule has 3 heteroatoms. The van der Waals surface area contributed by atoms with Gasteiger partial charge >= 0.3 is 0 Å². The number of thiophene rings is 1. The van der Waals surface area contributed by atoms with Gasteiger partial charge < -0.3 is 5.32 Å². The molecule has 0 amide bonds. The first-order chi connectivity index (χ1) is 6.74. The molecule has 1 aromatic heterocycles. The summed E-state index contributed by atoms with van der Waals surface area (Å²) in [5.74, 6) is 0.919. The Morgan fingerprint density at radius 3 is 3.00 bits per heavy atom. The topological polar surface area (TPSA) is 12.0 Å². The molecule has 2 atom stereocenters. The van der Waals surface area contributed by atoms with Gasteiger partial charge in [-0.25, -0.2) is 0 Å².